The van der Waals surface area contributed by atoms with Crippen LogP contribution in [-0.2, 0) is 0 Å². The van der Waals surface area contributed by atoms with Gasteiger partial charge in [0.15, 0.2) is 0 Å². The standard InChI is InChI=1S/C16H22N2O2.C3H8.C2H6/c1-3-18-10-8-15(9-11-18)17(2)16(20)14-6-4-13(12-19)5-7-14;1-3-2;1-2/h4-7,12,15H,3,8-11H2,1-2H3;3H2,1-2H3;1-2H3. The van der Waals surface area contributed by atoms with E-state index < -0.39 is 0 Å². The number of carbonyl (C=O) groups excluding carboxylic acids is 2. The van der Waals surface area contributed by atoms with Crippen molar-refractivity contribution in [1.82, 2.24) is 9.80 Å². The molecule has 0 atom stereocenters. The largest absolute Gasteiger partial charge is 0.339 e. The lowest BCUT2D eigenvalue weighted by molar-refractivity contribution is 0.0646. The van der Waals surface area contributed by atoms with E-state index in [4.69, 9.17) is 0 Å². The van der Waals surface area contributed by atoms with E-state index in [-0.39, 0.29) is 5.91 Å². The summed E-state index contributed by atoms with van der Waals surface area (Å²) < 4.78 is 0. The van der Waals surface area contributed by atoms with Gasteiger partial charge in [0.1, 0.15) is 6.29 Å². The van der Waals surface area contributed by atoms with Gasteiger partial charge in [-0.1, -0.05) is 53.2 Å². The summed E-state index contributed by atoms with van der Waals surface area (Å²) in [5.74, 6) is 0.0393. The Kier molecular flexibility index (Phi) is 12.7. The summed E-state index contributed by atoms with van der Waals surface area (Å²) in [4.78, 5) is 27.3. The minimum Gasteiger partial charge on any atom is -0.339 e. The fourth-order valence-electron chi connectivity index (χ4n) is 2.70. The molecule has 1 aromatic carbocycles. The van der Waals surface area contributed by atoms with Gasteiger partial charge >= 0.3 is 0 Å². The molecule has 0 aromatic heterocycles. The Morgan fingerprint density at radius 1 is 1.12 bits per heavy atom. The Balaban J connectivity index is 0.00000104. The number of hydrogen-bond acceptors (Lipinski definition) is 3. The molecular formula is C21H36N2O2. The number of likely N-dealkylation sites (tertiary alicyclic amines) is 1. The fourth-order valence-corrected chi connectivity index (χ4v) is 2.70. The van der Waals surface area contributed by atoms with Gasteiger partial charge in [0.2, 0.25) is 0 Å². The van der Waals surface area contributed by atoms with E-state index in [1.54, 1.807) is 24.3 Å². The van der Waals surface area contributed by atoms with Crippen molar-refractivity contribution >= 4 is 12.2 Å². The van der Waals surface area contributed by atoms with E-state index in [0.717, 1.165) is 38.8 Å². The Hall–Kier alpha value is -1.68. The first-order chi connectivity index (χ1) is 12.1. The Bertz CT molecular complexity index is 477. The van der Waals surface area contributed by atoms with Crippen molar-refractivity contribution in [2.45, 2.75) is 59.9 Å². The van der Waals surface area contributed by atoms with Crippen molar-refractivity contribution < 1.29 is 9.59 Å². The topological polar surface area (TPSA) is 40.6 Å². The molecule has 2 rings (SSSR count). The summed E-state index contributed by atoms with van der Waals surface area (Å²) >= 11 is 0. The van der Waals surface area contributed by atoms with Gasteiger partial charge in [-0.25, -0.2) is 0 Å². The van der Waals surface area contributed by atoms with Crippen LogP contribution in [0.4, 0.5) is 0 Å². The highest BCUT2D eigenvalue weighted by molar-refractivity contribution is 5.94. The quantitative estimate of drug-likeness (QED) is 0.752. The fraction of sp³-hybridized carbons (Fsp3) is 0.619. The van der Waals surface area contributed by atoms with Crippen LogP contribution in [0.25, 0.3) is 0 Å². The van der Waals surface area contributed by atoms with Crippen molar-refractivity contribution in [3.63, 3.8) is 0 Å². The minimum absolute atomic E-state index is 0.0393. The molecule has 1 heterocycles. The summed E-state index contributed by atoms with van der Waals surface area (Å²) in [6.07, 6.45) is 4.10. The number of rotatable bonds is 4. The number of piperidine rings is 1. The third-order valence-electron chi connectivity index (χ3n) is 4.17. The molecule has 0 unspecified atom stereocenters. The van der Waals surface area contributed by atoms with Crippen molar-refractivity contribution in [3.05, 3.63) is 35.4 Å². The molecule has 1 saturated heterocycles. The smallest absolute Gasteiger partial charge is 0.253 e. The summed E-state index contributed by atoms with van der Waals surface area (Å²) in [5.41, 5.74) is 1.25. The van der Waals surface area contributed by atoms with Crippen LogP contribution in [0.1, 0.15) is 74.6 Å². The minimum atomic E-state index is 0.0393. The number of carbonyl (C=O) groups is 2. The second-order valence-electron chi connectivity index (χ2n) is 6.03. The van der Waals surface area contributed by atoms with Gasteiger partial charge in [-0.05, 0) is 31.5 Å². The monoisotopic (exact) mass is 348 g/mol. The molecule has 1 aliphatic heterocycles. The number of amides is 1. The van der Waals surface area contributed by atoms with Gasteiger partial charge in [0.25, 0.3) is 5.91 Å². The maximum Gasteiger partial charge on any atom is 0.253 e. The average molecular weight is 349 g/mol. The Morgan fingerprint density at radius 3 is 2.00 bits per heavy atom. The predicted octanol–water partition coefficient (Wildman–Crippen LogP) is 4.50. The lowest BCUT2D eigenvalue weighted by Gasteiger charge is -2.36. The molecule has 0 spiro atoms. The normalized spacial score (nSPS) is 14.5. The van der Waals surface area contributed by atoms with Gasteiger partial charge in [0, 0.05) is 37.3 Å². The van der Waals surface area contributed by atoms with Gasteiger partial charge in [-0.3, -0.25) is 9.59 Å². The molecular weight excluding hydrogens is 312 g/mol. The first-order valence-electron chi connectivity index (χ1n) is 9.62. The van der Waals surface area contributed by atoms with Crippen molar-refractivity contribution in [3.8, 4) is 0 Å². The van der Waals surface area contributed by atoms with Crippen LogP contribution >= 0.6 is 0 Å². The zero-order chi connectivity index (χ0) is 19.2. The van der Waals surface area contributed by atoms with Gasteiger partial charge in [-0.2, -0.15) is 0 Å². The van der Waals surface area contributed by atoms with E-state index in [1.807, 2.05) is 25.8 Å². The summed E-state index contributed by atoms with van der Waals surface area (Å²) in [7, 11) is 1.88. The van der Waals surface area contributed by atoms with E-state index >= 15 is 0 Å². The molecule has 1 aliphatic rings. The molecule has 0 saturated carbocycles. The molecule has 0 N–H and O–H groups in total. The second kappa shape index (κ2) is 13.6. The summed E-state index contributed by atoms with van der Waals surface area (Å²) in [6, 6.07) is 7.14. The summed E-state index contributed by atoms with van der Waals surface area (Å²) in [5, 5.41) is 0. The van der Waals surface area contributed by atoms with E-state index in [1.165, 1.54) is 6.42 Å². The van der Waals surface area contributed by atoms with Crippen LogP contribution in [0.3, 0.4) is 0 Å². The molecule has 0 radical (unpaired) electrons. The molecule has 0 bridgehead atoms. The van der Waals surface area contributed by atoms with Crippen LogP contribution in [0, 0.1) is 0 Å². The lowest BCUT2D eigenvalue weighted by Crippen LogP contribution is -2.45. The molecule has 4 nitrogen and oxygen atoms in total. The Labute approximate surface area is 154 Å². The maximum absolute atomic E-state index is 12.4. The van der Waals surface area contributed by atoms with Crippen LogP contribution in [-0.4, -0.2) is 54.7 Å². The predicted molar refractivity (Wildman–Crippen MR) is 106 cm³/mol. The van der Waals surface area contributed by atoms with Crippen LogP contribution in [0.15, 0.2) is 24.3 Å². The van der Waals surface area contributed by atoms with Gasteiger partial charge in [-0.15, -0.1) is 0 Å². The molecule has 1 aromatic rings. The molecule has 1 amide bonds. The average Bonchev–Trinajstić information content (AvgIpc) is 2.69. The molecule has 1 fully saturated rings. The first-order valence-corrected chi connectivity index (χ1v) is 9.62. The number of aldehydes is 1. The SMILES string of the molecule is CC.CCC.CCN1CCC(N(C)C(=O)c2ccc(C=O)cc2)CC1. The van der Waals surface area contributed by atoms with Crippen molar-refractivity contribution in [2.24, 2.45) is 0 Å². The Morgan fingerprint density at radius 2 is 1.60 bits per heavy atom. The van der Waals surface area contributed by atoms with Gasteiger partial charge in [0.05, 0.1) is 0 Å². The third-order valence-corrected chi connectivity index (χ3v) is 4.17. The zero-order valence-corrected chi connectivity index (χ0v) is 16.9. The second-order valence-corrected chi connectivity index (χ2v) is 6.03. The molecule has 0 aliphatic carbocycles. The van der Waals surface area contributed by atoms with Crippen LogP contribution < -0.4 is 0 Å². The van der Waals surface area contributed by atoms with Crippen molar-refractivity contribution in [1.29, 1.82) is 0 Å². The highest BCUT2D eigenvalue weighted by Gasteiger charge is 2.25. The molecule has 4 heteroatoms. The lowest BCUT2D eigenvalue weighted by atomic mass is 10.0. The van der Waals surface area contributed by atoms with Crippen LogP contribution in [0.2, 0.25) is 0 Å². The van der Waals surface area contributed by atoms with E-state index in [2.05, 4.69) is 25.7 Å². The number of hydrogen-bond donors (Lipinski definition) is 0. The highest BCUT2D eigenvalue weighted by atomic mass is 16.2. The maximum atomic E-state index is 12.4. The van der Waals surface area contributed by atoms with E-state index in [0.29, 0.717) is 17.2 Å². The third kappa shape index (κ3) is 7.82. The highest BCUT2D eigenvalue weighted by Crippen LogP contribution is 2.17. The number of nitrogens with zero attached hydrogens (tertiary/aromatic N) is 2. The van der Waals surface area contributed by atoms with Crippen LogP contribution in [0.5, 0.6) is 0 Å². The molecule has 142 valence electrons. The van der Waals surface area contributed by atoms with E-state index in [9.17, 15) is 9.59 Å². The first kappa shape index (κ1) is 23.3. The van der Waals surface area contributed by atoms with Crippen molar-refractivity contribution in [2.75, 3.05) is 26.7 Å². The zero-order valence-electron chi connectivity index (χ0n) is 16.9. The molecule has 25 heavy (non-hydrogen) atoms. The van der Waals surface area contributed by atoms with Gasteiger partial charge < -0.3 is 9.80 Å². The summed E-state index contributed by atoms with van der Waals surface area (Å²) in [6.45, 7) is 13.6. The number of benzene rings is 1.